The zero-order valence-corrected chi connectivity index (χ0v) is 59.6. The number of aliphatic hydroxyl groups is 2. The van der Waals surface area contributed by atoms with E-state index in [1.807, 2.05) is 18.2 Å². The van der Waals surface area contributed by atoms with Gasteiger partial charge in [-0.3, -0.25) is 29.3 Å². The highest BCUT2D eigenvalue weighted by atomic mass is 35.5. The molecule has 0 fully saturated rings. The van der Waals surface area contributed by atoms with Crippen molar-refractivity contribution in [2.45, 2.75) is 169 Å². The van der Waals surface area contributed by atoms with Crippen LogP contribution in [0.25, 0.3) is 21.8 Å². The van der Waals surface area contributed by atoms with Crippen LogP contribution in [0.5, 0.6) is 34.5 Å². The fourth-order valence-corrected chi connectivity index (χ4v) is 25.4. The molecule has 4 heterocycles. The van der Waals surface area contributed by atoms with Crippen LogP contribution in [0.2, 0.25) is 43.3 Å². The minimum absolute atomic E-state index is 0. The molecule has 0 aliphatic carbocycles. The number of benzene rings is 6. The molecule has 21 heteroatoms. The molecule has 10 rings (SSSR count). The molecule has 0 radical (unpaired) electrons. The summed E-state index contributed by atoms with van der Waals surface area (Å²) in [6.45, 7) is 26.2. The van der Waals surface area contributed by atoms with E-state index < -0.39 is 40.1 Å². The standard InChI is InChI=1S/C37H44ClFN2O5Si.C36H40ClFN2O6Si.CH4/c1-21(2)47(22(3)4,23(5)6)46-36-33-29(19-41(37(33)43)18-27-11-9-25(20-42)16-32(27)44-7)35(45-8)28-14-26(17-40-34(28)36)13-24-10-12-31(39)30(38)15-24;1-19(2)47(20(3)4,21(5)6)46-34-31-30(35(43)40(36(31)44)17-25-10-8-23(18-41)15-29(25)45-7)33(42)26-13-24(16-39-32(26)34)12-22-9-11-28(38)27(37)14-22;/h9-12,14-17,21-23,42H,13,18-20H2,1-8H3;8-11,13-16,19-21,41-42H,12,17-18H2,1-7H3;1H4. The van der Waals surface area contributed by atoms with Crippen molar-refractivity contribution < 1.29 is 61.5 Å². The molecule has 0 unspecified atom stereocenters. The van der Waals surface area contributed by atoms with E-state index in [4.69, 9.17) is 56.2 Å². The molecule has 2 aliphatic rings. The molecule has 8 aromatic rings. The summed E-state index contributed by atoms with van der Waals surface area (Å²) in [6.07, 6.45) is 4.23. The van der Waals surface area contributed by atoms with E-state index in [-0.39, 0.29) is 110 Å². The number of nitrogens with zero attached hydrogens (tertiary/aromatic N) is 4. The summed E-state index contributed by atoms with van der Waals surface area (Å²) in [7, 11) is -0.570. The second kappa shape index (κ2) is 29.8. The summed E-state index contributed by atoms with van der Waals surface area (Å²) >= 11 is 12.1. The van der Waals surface area contributed by atoms with Crippen LogP contribution in [-0.2, 0) is 45.7 Å². The van der Waals surface area contributed by atoms with Gasteiger partial charge in [0.05, 0.1) is 74.4 Å². The number of halogens is 4. The topological polar surface area (TPSA) is 190 Å². The van der Waals surface area contributed by atoms with E-state index in [1.54, 1.807) is 80.0 Å². The lowest BCUT2D eigenvalue weighted by atomic mass is 9.99. The Kier molecular flexibility index (Phi) is 22.9. The fourth-order valence-electron chi connectivity index (χ4n) is 14.5. The SMILES string of the molecule is C.COc1cc(CO)ccc1CN1C(=O)c2c(c(O[Si](C(C)C)(C(C)C)C(C)C)c3ncc(Cc4ccc(F)c(Cl)c4)cc3c2O)C1=O.COc1cc(CO)ccc1CN1Cc2c(c(O[Si](C(C)C)(C(C)C)C(C)C)c3ncc(Cc4ccc(F)c(Cl)c4)cc3c2OC)C1=O. The Bertz CT molecular complexity index is 4180. The van der Waals surface area contributed by atoms with Crippen molar-refractivity contribution in [3.05, 3.63) is 186 Å². The van der Waals surface area contributed by atoms with Gasteiger partial charge in [0.15, 0.2) is 0 Å². The van der Waals surface area contributed by atoms with E-state index in [1.165, 1.54) is 25.3 Å². The number of hydrogen-bond donors (Lipinski definition) is 3. The van der Waals surface area contributed by atoms with Crippen molar-refractivity contribution in [1.82, 2.24) is 19.8 Å². The van der Waals surface area contributed by atoms with Gasteiger partial charge in [-0.1, -0.05) is 150 Å². The molecular formula is C74H88Cl2F2N4O11Si2. The molecular weight excluding hydrogens is 1290 g/mol. The van der Waals surface area contributed by atoms with Crippen LogP contribution in [0.4, 0.5) is 8.78 Å². The van der Waals surface area contributed by atoms with Gasteiger partial charge < -0.3 is 43.3 Å². The molecule has 0 spiro atoms. The van der Waals surface area contributed by atoms with Crippen molar-refractivity contribution in [2.75, 3.05) is 21.3 Å². The van der Waals surface area contributed by atoms with Crippen LogP contribution in [0.1, 0.15) is 172 Å². The number of aromatic hydroxyl groups is 1. The maximum absolute atomic E-state index is 14.5. The quantitative estimate of drug-likeness (QED) is 0.0405. The van der Waals surface area contributed by atoms with Gasteiger partial charge in [0.25, 0.3) is 34.4 Å². The van der Waals surface area contributed by atoms with Crippen LogP contribution in [0.15, 0.2) is 97.3 Å². The van der Waals surface area contributed by atoms with Gasteiger partial charge in [-0.05, 0) is 128 Å². The average Bonchev–Trinajstić information content (AvgIpc) is 1.64. The summed E-state index contributed by atoms with van der Waals surface area (Å²) in [5.41, 5.74) is 9.08. The minimum Gasteiger partial charge on any atom is -0.541 e. The molecule has 0 saturated carbocycles. The molecule has 0 bridgehead atoms. The maximum atomic E-state index is 14.5. The zero-order valence-electron chi connectivity index (χ0n) is 56.1. The molecule has 506 valence electrons. The number of aromatic nitrogens is 2. The van der Waals surface area contributed by atoms with Crippen LogP contribution >= 0.6 is 23.2 Å². The third-order valence-electron chi connectivity index (χ3n) is 18.8. The molecule has 2 aromatic heterocycles. The average molecular weight is 1370 g/mol. The number of amides is 3. The summed E-state index contributed by atoms with van der Waals surface area (Å²) in [6, 6.07) is 23.5. The second-order valence-corrected chi connectivity index (χ2v) is 37.8. The minimum atomic E-state index is -2.70. The van der Waals surface area contributed by atoms with Crippen molar-refractivity contribution in [1.29, 1.82) is 0 Å². The number of carbonyl (C=O) groups is 3. The van der Waals surface area contributed by atoms with E-state index in [0.717, 1.165) is 43.7 Å². The molecule has 15 nitrogen and oxygen atoms in total. The zero-order chi connectivity index (χ0) is 68.6. The van der Waals surface area contributed by atoms with Gasteiger partial charge >= 0.3 is 0 Å². The Hall–Kier alpha value is -7.66. The largest absolute Gasteiger partial charge is 0.541 e. The summed E-state index contributed by atoms with van der Waals surface area (Å²) in [4.78, 5) is 55.4. The van der Waals surface area contributed by atoms with Crippen LogP contribution < -0.4 is 23.1 Å². The Morgan fingerprint density at radius 1 is 0.505 bits per heavy atom. The molecule has 0 atom stereocenters. The molecule has 6 aromatic carbocycles. The number of aliphatic hydroxyl groups excluding tert-OH is 2. The van der Waals surface area contributed by atoms with Crippen LogP contribution in [-0.4, -0.2) is 90.8 Å². The highest BCUT2D eigenvalue weighted by Crippen LogP contribution is 2.52. The lowest BCUT2D eigenvalue weighted by molar-refractivity contribution is 0.0639. The number of fused-ring (bicyclic) bond motifs is 4. The van der Waals surface area contributed by atoms with Gasteiger partial charge in [-0.25, -0.2) is 8.78 Å². The third kappa shape index (κ3) is 13.9. The number of carbonyl (C=O) groups excluding carboxylic acids is 3. The molecule has 0 saturated heterocycles. The molecule has 3 N–H and O–H groups in total. The first-order valence-corrected chi connectivity index (χ1v) is 36.8. The highest BCUT2D eigenvalue weighted by molar-refractivity contribution is 6.79. The number of methoxy groups -OCH3 is 3. The molecule has 3 amide bonds. The van der Waals surface area contributed by atoms with Gasteiger partial charge in [0.1, 0.15) is 57.2 Å². The van der Waals surface area contributed by atoms with E-state index in [0.29, 0.717) is 76.7 Å². The Labute approximate surface area is 568 Å². The smallest absolute Gasteiger partial charge is 0.265 e. The van der Waals surface area contributed by atoms with Crippen molar-refractivity contribution in [3.63, 3.8) is 0 Å². The number of pyridine rings is 2. The lowest BCUT2D eigenvalue weighted by Gasteiger charge is -2.42. The van der Waals surface area contributed by atoms with Gasteiger partial charge in [-0.15, -0.1) is 0 Å². The van der Waals surface area contributed by atoms with Gasteiger partial charge in [-0.2, -0.15) is 0 Å². The van der Waals surface area contributed by atoms with Gasteiger partial charge in [0, 0.05) is 46.4 Å². The van der Waals surface area contributed by atoms with Crippen LogP contribution in [0.3, 0.4) is 0 Å². The van der Waals surface area contributed by atoms with Crippen molar-refractivity contribution >= 4 is 79.4 Å². The number of rotatable bonds is 23. The predicted molar refractivity (Wildman–Crippen MR) is 376 cm³/mol. The van der Waals surface area contributed by atoms with E-state index in [2.05, 4.69) is 83.1 Å². The number of ether oxygens (including phenoxy) is 3. The van der Waals surface area contributed by atoms with Crippen molar-refractivity contribution in [3.8, 4) is 34.5 Å². The Morgan fingerprint density at radius 3 is 1.34 bits per heavy atom. The highest BCUT2D eigenvalue weighted by Gasteiger charge is 2.52. The molecule has 2 aliphatic heterocycles. The summed E-state index contributed by atoms with van der Waals surface area (Å²) in [5, 5.41) is 32.0. The Morgan fingerprint density at radius 2 is 0.916 bits per heavy atom. The Balaban J connectivity index is 0.000000241. The first-order valence-electron chi connectivity index (χ1n) is 31.7. The number of hydrogen-bond acceptors (Lipinski definition) is 13. The maximum Gasteiger partial charge on any atom is 0.265 e. The number of phenols is 1. The monoisotopic (exact) mass is 1370 g/mol. The number of imide groups is 1. The second-order valence-electron chi connectivity index (χ2n) is 26.3. The van der Waals surface area contributed by atoms with Gasteiger partial charge in [0.2, 0.25) is 0 Å². The van der Waals surface area contributed by atoms with Crippen molar-refractivity contribution in [2.24, 2.45) is 0 Å². The normalized spacial score (nSPS) is 13.2. The fraction of sp³-hybridized carbons (Fsp3) is 0.392. The summed E-state index contributed by atoms with van der Waals surface area (Å²) in [5.74, 6) is -0.443. The van der Waals surface area contributed by atoms with E-state index in [9.17, 15) is 38.5 Å². The summed E-state index contributed by atoms with van der Waals surface area (Å²) < 4.78 is 59.4. The first-order chi connectivity index (χ1) is 44.6. The predicted octanol–water partition coefficient (Wildman–Crippen LogP) is 17.6. The molecule has 95 heavy (non-hydrogen) atoms. The third-order valence-corrected chi connectivity index (χ3v) is 31.3. The number of phenolic OH excluding ortho intramolecular Hbond substituents is 1. The van der Waals surface area contributed by atoms with E-state index >= 15 is 0 Å². The van der Waals surface area contributed by atoms with Crippen LogP contribution in [0, 0.1) is 11.6 Å². The first kappa shape index (κ1) is 73.2. The lowest BCUT2D eigenvalue weighted by Crippen LogP contribution is -2.51.